The van der Waals surface area contributed by atoms with Crippen LogP contribution in [0.1, 0.15) is 5.56 Å². The maximum Gasteiger partial charge on any atom is 0.230 e. The smallest absolute Gasteiger partial charge is 0.230 e. The summed E-state index contributed by atoms with van der Waals surface area (Å²) in [5.74, 6) is -0.914. The van der Waals surface area contributed by atoms with E-state index in [1.54, 1.807) is 35.2 Å². The first-order valence-electron chi connectivity index (χ1n) is 10.3. The lowest BCUT2D eigenvalue weighted by Gasteiger charge is -2.27. The average Bonchev–Trinajstić information content (AvgIpc) is 3.53. The molecular formula is C22H25N5O3. The summed E-state index contributed by atoms with van der Waals surface area (Å²) in [6, 6.07) is 5.78. The van der Waals surface area contributed by atoms with Gasteiger partial charge in [0.05, 0.1) is 31.0 Å². The zero-order valence-corrected chi connectivity index (χ0v) is 16.9. The number of fused-ring (bicyclic) bond motifs is 1. The third kappa shape index (κ3) is 3.11. The molecule has 0 N–H and O–H groups in total. The molecular weight excluding hydrogens is 382 g/mol. The third-order valence-electron chi connectivity index (χ3n) is 6.48. The second-order valence-electron chi connectivity index (χ2n) is 8.29. The summed E-state index contributed by atoms with van der Waals surface area (Å²) in [4.78, 5) is 34.1. The van der Waals surface area contributed by atoms with Gasteiger partial charge in [0.15, 0.2) is 0 Å². The normalized spacial score (nSPS) is 28.9. The largest absolute Gasteiger partial charge is 0.360 e. The SMILES string of the molecule is CN(CCn1cccn1)C(=O)[C@@H]1[C@@H]2C=C[C@@]3(CN(CCc4ccncc4)C(=O)[C@H]13)O2. The second kappa shape index (κ2) is 7.36. The first kappa shape index (κ1) is 19.0. The molecule has 156 valence electrons. The van der Waals surface area contributed by atoms with E-state index in [4.69, 9.17) is 4.74 Å². The maximum atomic E-state index is 13.3. The van der Waals surface area contributed by atoms with Crippen molar-refractivity contribution in [2.24, 2.45) is 11.8 Å². The molecule has 2 aromatic rings. The lowest BCUT2D eigenvalue weighted by atomic mass is 9.76. The van der Waals surface area contributed by atoms with Crippen LogP contribution in [0, 0.1) is 11.8 Å². The molecule has 2 bridgehead atoms. The number of likely N-dealkylation sites (N-methyl/N-ethyl adjacent to an activating group) is 1. The Balaban J connectivity index is 1.28. The Kier molecular flexibility index (Phi) is 4.66. The van der Waals surface area contributed by atoms with Crippen molar-refractivity contribution in [2.45, 2.75) is 24.7 Å². The van der Waals surface area contributed by atoms with Crippen LogP contribution in [-0.4, -0.2) is 74.8 Å². The molecule has 3 aliphatic rings. The Bertz CT molecular complexity index is 960. The van der Waals surface area contributed by atoms with Gasteiger partial charge in [-0.1, -0.05) is 12.2 Å². The number of ether oxygens (including phenoxy) is 1. The minimum absolute atomic E-state index is 0.0229. The molecule has 30 heavy (non-hydrogen) atoms. The van der Waals surface area contributed by atoms with Crippen molar-refractivity contribution in [2.75, 3.05) is 26.7 Å². The van der Waals surface area contributed by atoms with E-state index in [1.165, 1.54) is 0 Å². The van der Waals surface area contributed by atoms with Crippen LogP contribution in [0.5, 0.6) is 0 Å². The number of hydrogen-bond acceptors (Lipinski definition) is 5. The minimum atomic E-state index is -0.664. The van der Waals surface area contributed by atoms with E-state index in [1.807, 2.05) is 41.4 Å². The fourth-order valence-corrected chi connectivity index (χ4v) is 4.91. The molecule has 0 radical (unpaired) electrons. The van der Waals surface area contributed by atoms with Crippen molar-refractivity contribution in [3.63, 3.8) is 0 Å². The zero-order chi connectivity index (χ0) is 20.7. The van der Waals surface area contributed by atoms with Gasteiger partial charge in [-0.2, -0.15) is 5.10 Å². The Morgan fingerprint density at radius 3 is 2.90 bits per heavy atom. The summed E-state index contributed by atoms with van der Waals surface area (Å²) in [6.45, 7) is 2.27. The van der Waals surface area contributed by atoms with E-state index in [2.05, 4.69) is 10.1 Å². The van der Waals surface area contributed by atoms with E-state index < -0.39 is 17.4 Å². The fourth-order valence-electron chi connectivity index (χ4n) is 4.91. The van der Waals surface area contributed by atoms with Gasteiger partial charge in [0.1, 0.15) is 5.60 Å². The van der Waals surface area contributed by atoms with Crippen LogP contribution >= 0.6 is 0 Å². The summed E-state index contributed by atoms with van der Waals surface area (Å²) in [7, 11) is 1.79. The second-order valence-corrected chi connectivity index (χ2v) is 8.29. The van der Waals surface area contributed by atoms with Crippen LogP contribution in [0.25, 0.3) is 0 Å². The van der Waals surface area contributed by atoms with Gasteiger partial charge < -0.3 is 14.5 Å². The van der Waals surface area contributed by atoms with Gasteiger partial charge in [-0.05, 0) is 30.2 Å². The van der Waals surface area contributed by atoms with E-state index in [0.29, 0.717) is 26.2 Å². The zero-order valence-electron chi connectivity index (χ0n) is 16.9. The van der Waals surface area contributed by atoms with Gasteiger partial charge in [-0.15, -0.1) is 0 Å². The van der Waals surface area contributed by atoms with Crippen LogP contribution in [-0.2, 0) is 27.3 Å². The van der Waals surface area contributed by atoms with Gasteiger partial charge in [0.25, 0.3) is 0 Å². The number of carbonyl (C=O) groups excluding carboxylic acids is 2. The van der Waals surface area contributed by atoms with Crippen LogP contribution in [0.3, 0.4) is 0 Å². The lowest BCUT2D eigenvalue weighted by molar-refractivity contribution is -0.142. The molecule has 0 unspecified atom stereocenters. The highest BCUT2D eigenvalue weighted by Crippen LogP contribution is 2.52. The predicted octanol–water partition coefficient (Wildman–Crippen LogP) is 0.761. The van der Waals surface area contributed by atoms with Crippen molar-refractivity contribution in [1.82, 2.24) is 24.6 Å². The Morgan fingerprint density at radius 1 is 1.30 bits per heavy atom. The van der Waals surface area contributed by atoms with Crippen LogP contribution in [0.4, 0.5) is 0 Å². The Labute approximate surface area is 175 Å². The van der Waals surface area contributed by atoms with Crippen molar-refractivity contribution in [3.05, 3.63) is 60.7 Å². The van der Waals surface area contributed by atoms with E-state index in [9.17, 15) is 9.59 Å². The molecule has 3 aliphatic heterocycles. The number of nitrogens with zero attached hydrogens (tertiary/aromatic N) is 5. The summed E-state index contributed by atoms with van der Waals surface area (Å²) in [5.41, 5.74) is 0.475. The van der Waals surface area contributed by atoms with Crippen molar-refractivity contribution in [1.29, 1.82) is 0 Å². The van der Waals surface area contributed by atoms with E-state index >= 15 is 0 Å². The van der Waals surface area contributed by atoms with Gasteiger partial charge in [0.2, 0.25) is 11.8 Å². The molecule has 2 amide bonds. The average molecular weight is 407 g/mol. The molecule has 5 rings (SSSR count). The Hall–Kier alpha value is -3.00. The Morgan fingerprint density at radius 2 is 2.13 bits per heavy atom. The van der Waals surface area contributed by atoms with Gasteiger partial charge >= 0.3 is 0 Å². The lowest BCUT2D eigenvalue weighted by Crippen LogP contribution is -2.45. The van der Waals surface area contributed by atoms with Gasteiger partial charge in [-0.3, -0.25) is 19.3 Å². The monoisotopic (exact) mass is 407 g/mol. The minimum Gasteiger partial charge on any atom is -0.360 e. The number of hydrogen-bond donors (Lipinski definition) is 0. The number of likely N-dealkylation sites (tertiary alicyclic amines) is 1. The molecule has 2 aromatic heterocycles. The number of pyridine rings is 1. The van der Waals surface area contributed by atoms with Crippen LogP contribution in [0.15, 0.2) is 55.1 Å². The van der Waals surface area contributed by atoms with Crippen molar-refractivity contribution in [3.8, 4) is 0 Å². The summed E-state index contributed by atoms with van der Waals surface area (Å²) in [5, 5.41) is 4.18. The number of carbonyl (C=O) groups is 2. The molecule has 2 saturated heterocycles. The quantitative estimate of drug-likeness (QED) is 0.633. The topological polar surface area (TPSA) is 80.6 Å². The molecule has 0 saturated carbocycles. The van der Waals surface area contributed by atoms with E-state index in [0.717, 1.165) is 12.0 Å². The summed E-state index contributed by atoms with van der Waals surface area (Å²) < 4.78 is 8.02. The predicted molar refractivity (Wildman–Crippen MR) is 108 cm³/mol. The van der Waals surface area contributed by atoms with Crippen LogP contribution < -0.4 is 0 Å². The molecule has 2 fully saturated rings. The highest BCUT2D eigenvalue weighted by Gasteiger charge is 2.66. The molecule has 0 aromatic carbocycles. The van der Waals surface area contributed by atoms with Crippen molar-refractivity contribution < 1.29 is 14.3 Å². The van der Waals surface area contributed by atoms with E-state index in [-0.39, 0.29) is 17.9 Å². The molecule has 8 heteroatoms. The van der Waals surface area contributed by atoms with Gasteiger partial charge in [0, 0.05) is 44.9 Å². The number of aromatic nitrogens is 3. The fraction of sp³-hybridized carbons (Fsp3) is 0.455. The van der Waals surface area contributed by atoms with Crippen LogP contribution in [0.2, 0.25) is 0 Å². The molecule has 5 heterocycles. The first-order chi connectivity index (χ1) is 14.6. The highest BCUT2D eigenvalue weighted by atomic mass is 16.5. The van der Waals surface area contributed by atoms with Crippen molar-refractivity contribution >= 4 is 11.8 Å². The molecule has 0 aliphatic carbocycles. The van der Waals surface area contributed by atoms with Gasteiger partial charge in [-0.25, -0.2) is 0 Å². The molecule has 1 spiro atoms. The maximum absolute atomic E-state index is 13.3. The highest BCUT2D eigenvalue weighted by molar-refractivity contribution is 5.93. The summed E-state index contributed by atoms with van der Waals surface area (Å²) in [6.07, 6.45) is 11.5. The first-order valence-corrected chi connectivity index (χ1v) is 10.3. The number of rotatable bonds is 7. The molecule has 4 atom stereocenters. The molecule has 8 nitrogen and oxygen atoms in total. The summed E-state index contributed by atoms with van der Waals surface area (Å²) >= 11 is 0. The third-order valence-corrected chi connectivity index (χ3v) is 6.48. The number of amides is 2. The standard InChI is InChI=1S/C22H25N5O3/c1-25(13-14-27-11-2-8-24-27)20(28)18-17-3-7-22(30-17)15-26(21(29)19(18)22)12-6-16-4-9-23-10-5-16/h2-5,7-11,17-19H,6,12-15H2,1H3/t17-,18+,19-,22-/m0/s1.